The molecule has 0 unspecified atom stereocenters. The summed E-state index contributed by atoms with van der Waals surface area (Å²) in [6.45, 7) is 4.36. The van der Waals surface area contributed by atoms with Gasteiger partial charge in [0.25, 0.3) is 0 Å². The van der Waals surface area contributed by atoms with Gasteiger partial charge in [0.2, 0.25) is 10.0 Å². The van der Waals surface area contributed by atoms with Gasteiger partial charge in [-0.15, -0.1) is 0 Å². The van der Waals surface area contributed by atoms with Crippen LogP contribution in [0, 0.1) is 0 Å². The van der Waals surface area contributed by atoms with Crippen molar-refractivity contribution < 1.29 is 17.9 Å². The normalized spacial score (nSPS) is 11.6. The summed E-state index contributed by atoms with van der Waals surface area (Å²) in [5.41, 5.74) is 1.92. The molecule has 152 valence electrons. The van der Waals surface area contributed by atoms with E-state index in [0.717, 1.165) is 11.3 Å². The summed E-state index contributed by atoms with van der Waals surface area (Å²) in [7, 11) is -3.63. The Bertz CT molecular complexity index is 1060. The lowest BCUT2D eigenvalue weighted by Gasteiger charge is -2.18. The number of hydrogen-bond donors (Lipinski definition) is 0. The number of esters is 1. The van der Waals surface area contributed by atoms with Gasteiger partial charge in [-0.25, -0.2) is 17.9 Å². The zero-order chi connectivity index (χ0) is 20.9. The molecule has 0 bridgehead atoms. The number of benzene rings is 2. The van der Waals surface area contributed by atoms with E-state index in [1.807, 2.05) is 36.5 Å². The van der Waals surface area contributed by atoms with Crippen molar-refractivity contribution in [1.29, 1.82) is 0 Å². The Balaban J connectivity index is 1.68. The molecule has 0 aliphatic rings. The van der Waals surface area contributed by atoms with Crippen LogP contribution in [-0.2, 0) is 21.4 Å². The third kappa shape index (κ3) is 4.72. The van der Waals surface area contributed by atoms with Crippen molar-refractivity contribution in [3.05, 3.63) is 78.1 Å². The van der Waals surface area contributed by atoms with Gasteiger partial charge >= 0.3 is 5.97 Å². The van der Waals surface area contributed by atoms with Crippen molar-refractivity contribution in [2.45, 2.75) is 25.3 Å². The molecule has 0 fully saturated rings. The van der Waals surface area contributed by atoms with Gasteiger partial charge in [0.15, 0.2) is 0 Å². The van der Waals surface area contributed by atoms with Crippen LogP contribution in [0.25, 0.3) is 5.69 Å². The summed E-state index contributed by atoms with van der Waals surface area (Å²) >= 11 is 0. The molecule has 3 aromatic rings. The second kappa shape index (κ2) is 9.02. The standard InChI is InChI=1S/C21H23N3O4S/c1-3-23(4-2)29(26,27)20-8-5-7-18(15-20)21(25)28-16-17-9-11-19(12-10-17)24-14-6-13-22-24/h5-15H,3-4,16H2,1-2H3. The lowest BCUT2D eigenvalue weighted by Crippen LogP contribution is -2.30. The molecule has 1 aromatic heterocycles. The lowest BCUT2D eigenvalue weighted by atomic mass is 10.2. The Labute approximate surface area is 170 Å². The fourth-order valence-electron chi connectivity index (χ4n) is 2.89. The SMILES string of the molecule is CCN(CC)S(=O)(=O)c1cccc(C(=O)OCc2ccc(-n3cccn3)cc2)c1. The molecular weight excluding hydrogens is 390 g/mol. The lowest BCUT2D eigenvalue weighted by molar-refractivity contribution is 0.0472. The van der Waals surface area contributed by atoms with Gasteiger partial charge in [0.05, 0.1) is 16.1 Å². The van der Waals surface area contributed by atoms with Crippen molar-refractivity contribution in [3.63, 3.8) is 0 Å². The number of hydrogen-bond acceptors (Lipinski definition) is 5. The van der Waals surface area contributed by atoms with Gasteiger partial charge in [0, 0.05) is 25.5 Å². The van der Waals surface area contributed by atoms with Crippen molar-refractivity contribution >= 4 is 16.0 Å². The Morgan fingerprint density at radius 2 is 1.79 bits per heavy atom. The minimum Gasteiger partial charge on any atom is -0.457 e. The molecule has 0 aliphatic carbocycles. The molecule has 0 saturated heterocycles. The molecule has 3 rings (SSSR count). The molecule has 29 heavy (non-hydrogen) atoms. The van der Waals surface area contributed by atoms with E-state index in [1.165, 1.54) is 16.4 Å². The second-order valence-electron chi connectivity index (χ2n) is 6.31. The number of ether oxygens (including phenoxy) is 1. The van der Waals surface area contributed by atoms with E-state index in [9.17, 15) is 13.2 Å². The Morgan fingerprint density at radius 1 is 1.07 bits per heavy atom. The van der Waals surface area contributed by atoms with Crippen LogP contribution in [0.5, 0.6) is 0 Å². The molecule has 0 amide bonds. The van der Waals surface area contributed by atoms with E-state index in [0.29, 0.717) is 13.1 Å². The van der Waals surface area contributed by atoms with Crippen LogP contribution in [0.3, 0.4) is 0 Å². The molecule has 0 atom stereocenters. The van der Waals surface area contributed by atoms with Crippen molar-refractivity contribution in [2.75, 3.05) is 13.1 Å². The fourth-order valence-corrected chi connectivity index (χ4v) is 4.40. The number of rotatable bonds is 8. The molecule has 0 N–H and O–H groups in total. The van der Waals surface area contributed by atoms with E-state index < -0.39 is 16.0 Å². The summed E-state index contributed by atoms with van der Waals surface area (Å²) in [5, 5.41) is 4.16. The van der Waals surface area contributed by atoms with Crippen LogP contribution in [0.1, 0.15) is 29.8 Å². The number of nitrogens with zero attached hydrogens (tertiary/aromatic N) is 3. The van der Waals surface area contributed by atoms with E-state index >= 15 is 0 Å². The third-order valence-corrected chi connectivity index (χ3v) is 6.53. The molecule has 0 spiro atoms. The van der Waals surface area contributed by atoms with Crippen molar-refractivity contribution in [1.82, 2.24) is 14.1 Å². The predicted molar refractivity (Wildman–Crippen MR) is 109 cm³/mol. The van der Waals surface area contributed by atoms with Gasteiger partial charge in [0.1, 0.15) is 6.61 Å². The molecule has 2 aromatic carbocycles. The summed E-state index contributed by atoms with van der Waals surface area (Å²) < 4.78 is 33.7. The highest BCUT2D eigenvalue weighted by atomic mass is 32.2. The van der Waals surface area contributed by atoms with E-state index in [2.05, 4.69) is 5.10 Å². The van der Waals surface area contributed by atoms with Crippen LogP contribution < -0.4 is 0 Å². The van der Waals surface area contributed by atoms with E-state index in [1.54, 1.807) is 36.9 Å². The van der Waals surface area contributed by atoms with Gasteiger partial charge in [-0.2, -0.15) is 9.40 Å². The van der Waals surface area contributed by atoms with E-state index in [4.69, 9.17) is 4.74 Å². The molecule has 7 nitrogen and oxygen atoms in total. The topological polar surface area (TPSA) is 81.5 Å². The molecule has 1 heterocycles. The molecule has 8 heteroatoms. The van der Waals surface area contributed by atoms with Crippen molar-refractivity contribution in [2.24, 2.45) is 0 Å². The maximum atomic E-state index is 12.6. The highest BCUT2D eigenvalue weighted by molar-refractivity contribution is 7.89. The number of carbonyl (C=O) groups excluding carboxylic acids is 1. The van der Waals surface area contributed by atoms with Gasteiger partial charge < -0.3 is 4.74 Å². The number of carbonyl (C=O) groups is 1. The predicted octanol–water partition coefficient (Wildman–Crippen LogP) is 3.26. The smallest absolute Gasteiger partial charge is 0.338 e. The number of aromatic nitrogens is 2. The fraction of sp³-hybridized carbons (Fsp3) is 0.238. The quantitative estimate of drug-likeness (QED) is 0.530. The third-order valence-electron chi connectivity index (χ3n) is 4.49. The average Bonchev–Trinajstić information content (AvgIpc) is 3.28. The maximum Gasteiger partial charge on any atom is 0.338 e. The number of sulfonamides is 1. The van der Waals surface area contributed by atoms with Gasteiger partial charge in [-0.3, -0.25) is 0 Å². The minimum absolute atomic E-state index is 0.0826. The average molecular weight is 413 g/mol. The summed E-state index contributed by atoms with van der Waals surface area (Å²) in [5.74, 6) is -0.572. The summed E-state index contributed by atoms with van der Waals surface area (Å²) in [4.78, 5) is 12.5. The Kier molecular flexibility index (Phi) is 6.46. The maximum absolute atomic E-state index is 12.6. The van der Waals surface area contributed by atoms with Crippen LogP contribution in [0.2, 0.25) is 0 Å². The first kappa shape index (κ1) is 20.8. The minimum atomic E-state index is -3.63. The molecule has 0 saturated carbocycles. The molecule has 0 aliphatic heterocycles. The Morgan fingerprint density at radius 3 is 2.41 bits per heavy atom. The van der Waals surface area contributed by atoms with Gasteiger partial charge in [-0.05, 0) is 42.0 Å². The second-order valence-corrected chi connectivity index (χ2v) is 8.25. The van der Waals surface area contributed by atoms with E-state index in [-0.39, 0.29) is 17.1 Å². The largest absolute Gasteiger partial charge is 0.457 e. The first-order valence-corrected chi connectivity index (χ1v) is 10.8. The van der Waals surface area contributed by atoms with Crippen LogP contribution in [0.4, 0.5) is 0 Å². The zero-order valence-corrected chi connectivity index (χ0v) is 17.2. The highest BCUT2D eigenvalue weighted by Gasteiger charge is 2.22. The zero-order valence-electron chi connectivity index (χ0n) is 16.4. The molecule has 0 radical (unpaired) electrons. The first-order valence-electron chi connectivity index (χ1n) is 9.32. The van der Waals surface area contributed by atoms with Crippen molar-refractivity contribution in [3.8, 4) is 5.69 Å². The van der Waals surface area contributed by atoms with Gasteiger partial charge in [-0.1, -0.05) is 32.0 Å². The van der Waals surface area contributed by atoms with Crippen LogP contribution in [-0.4, -0.2) is 41.6 Å². The summed E-state index contributed by atoms with van der Waals surface area (Å²) in [6.07, 6.45) is 3.54. The molecular formula is C21H23N3O4S. The first-order chi connectivity index (χ1) is 14.0. The summed E-state index contributed by atoms with van der Waals surface area (Å²) in [6, 6.07) is 15.2. The van der Waals surface area contributed by atoms with Crippen LogP contribution >= 0.6 is 0 Å². The Hall–Kier alpha value is -2.97. The monoisotopic (exact) mass is 413 g/mol. The van der Waals surface area contributed by atoms with Crippen LogP contribution in [0.15, 0.2) is 71.9 Å². The highest BCUT2D eigenvalue weighted by Crippen LogP contribution is 2.18.